The highest BCUT2D eigenvalue weighted by Gasteiger charge is 2.40. The molecular weight excluding hydrogens is 308 g/mol. The zero-order valence-corrected chi connectivity index (χ0v) is 14.9. The van der Waals surface area contributed by atoms with E-state index < -0.39 is 5.60 Å². The van der Waals surface area contributed by atoms with E-state index in [-0.39, 0.29) is 18.1 Å². The van der Waals surface area contributed by atoms with Crippen LogP contribution in [0.4, 0.5) is 0 Å². The van der Waals surface area contributed by atoms with E-state index in [2.05, 4.69) is 0 Å². The molecule has 0 saturated heterocycles. The molecule has 1 N–H and O–H groups in total. The molecule has 0 aromatic heterocycles. The monoisotopic (exact) mass is 336 g/mol. The predicted octanol–water partition coefficient (Wildman–Crippen LogP) is 5.51. The molecule has 1 aliphatic carbocycles. The van der Waals surface area contributed by atoms with Crippen LogP contribution < -0.4 is 0 Å². The minimum absolute atomic E-state index is 0.0222. The lowest BCUT2D eigenvalue weighted by Gasteiger charge is -2.37. The first-order valence-electron chi connectivity index (χ1n) is 9.56. The first-order valence-corrected chi connectivity index (χ1v) is 9.56. The second-order valence-electron chi connectivity index (χ2n) is 7.30. The zero-order chi connectivity index (χ0) is 17.5. The Balaban J connectivity index is 1.90. The van der Waals surface area contributed by atoms with Crippen LogP contribution in [0.25, 0.3) is 0 Å². The maximum atomic E-state index is 12.9. The lowest BCUT2D eigenvalue weighted by Crippen LogP contribution is -2.38. The fourth-order valence-electron chi connectivity index (χ4n) is 4.11. The summed E-state index contributed by atoms with van der Waals surface area (Å²) < 4.78 is 0. The number of hydrogen-bond donors (Lipinski definition) is 1. The average Bonchev–Trinajstić information content (AvgIpc) is 2.62. The van der Waals surface area contributed by atoms with Crippen LogP contribution in [0.15, 0.2) is 60.7 Å². The van der Waals surface area contributed by atoms with Gasteiger partial charge in [0.15, 0.2) is 5.78 Å². The molecule has 25 heavy (non-hydrogen) atoms. The topological polar surface area (TPSA) is 37.3 Å². The van der Waals surface area contributed by atoms with Gasteiger partial charge in [-0.05, 0) is 24.3 Å². The molecule has 1 saturated carbocycles. The van der Waals surface area contributed by atoms with Crippen molar-refractivity contribution in [2.75, 3.05) is 0 Å². The van der Waals surface area contributed by atoms with Crippen LogP contribution in [0, 0.1) is 5.92 Å². The zero-order valence-electron chi connectivity index (χ0n) is 14.9. The molecule has 2 heteroatoms. The lowest BCUT2D eigenvalue weighted by molar-refractivity contribution is -0.0357. The summed E-state index contributed by atoms with van der Waals surface area (Å²) in [6.45, 7) is 0. The number of carbonyl (C=O) groups excluding carboxylic acids is 1. The van der Waals surface area contributed by atoms with Crippen LogP contribution >= 0.6 is 0 Å². The Morgan fingerprint density at radius 1 is 0.840 bits per heavy atom. The van der Waals surface area contributed by atoms with Crippen molar-refractivity contribution >= 4 is 5.78 Å². The largest absolute Gasteiger partial charge is 0.384 e. The van der Waals surface area contributed by atoms with Crippen molar-refractivity contribution in [1.82, 2.24) is 0 Å². The SMILES string of the molecule is O=C(CC(O)(c1ccccc1)C1CCCCCCC1)c1ccccc1. The third-order valence-corrected chi connectivity index (χ3v) is 5.58. The van der Waals surface area contributed by atoms with Crippen LogP contribution in [-0.4, -0.2) is 10.9 Å². The number of carbonyl (C=O) groups is 1. The summed E-state index contributed by atoms with van der Waals surface area (Å²) >= 11 is 0. The highest BCUT2D eigenvalue weighted by atomic mass is 16.3. The molecule has 2 aromatic rings. The summed E-state index contributed by atoms with van der Waals surface area (Å²) in [6, 6.07) is 19.2. The number of benzene rings is 2. The molecule has 3 rings (SSSR count). The Bertz CT molecular complexity index is 657. The third-order valence-electron chi connectivity index (χ3n) is 5.58. The molecule has 1 aliphatic rings. The highest BCUT2D eigenvalue weighted by Crippen LogP contribution is 2.41. The fraction of sp³-hybridized carbons (Fsp3) is 0.435. The molecular formula is C23H28O2. The van der Waals surface area contributed by atoms with Gasteiger partial charge in [0.05, 0.1) is 5.60 Å². The number of ketones is 1. The van der Waals surface area contributed by atoms with E-state index >= 15 is 0 Å². The second-order valence-corrected chi connectivity index (χ2v) is 7.30. The molecule has 1 unspecified atom stereocenters. The van der Waals surface area contributed by atoms with E-state index in [4.69, 9.17) is 0 Å². The maximum Gasteiger partial charge on any atom is 0.166 e. The fourth-order valence-corrected chi connectivity index (χ4v) is 4.11. The molecule has 0 bridgehead atoms. The van der Waals surface area contributed by atoms with Gasteiger partial charge in [-0.15, -0.1) is 0 Å². The summed E-state index contributed by atoms with van der Waals surface area (Å²) in [4.78, 5) is 12.9. The van der Waals surface area contributed by atoms with Crippen LogP contribution in [0.1, 0.15) is 67.3 Å². The van der Waals surface area contributed by atoms with Crippen molar-refractivity contribution in [2.24, 2.45) is 5.92 Å². The smallest absolute Gasteiger partial charge is 0.166 e. The van der Waals surface area contributed by atoms with Gasteiger partial charge in [-0.25, -0.2) is 0 Å². The first-order chi connectivity index (χ1) is 12.2. The Hall–Kier alpha value is -1.93. The van der Waals surface area contributed by atoms with Gasteiger partial charge >= 0.3 is 0 Å². The molecule has 0 spiro atoms. The number of rotatable bonds is 5. The standard InChI is InChI=1S/C23H28O2/c24-22(19-12-6-4-7-13-19)18-23(25,21-16-10-5-11-17-21)20-14-8-2-1-3-9-15-20/h4-7,10-13,16-17,20,25H,1-3,8-9,14-15,18H2. The minimum atomic E-state index is -1.08. The van der Waals surface area contributed by atoms with Gasteiger partial charge in [-0.3, -0.25) is 4.79 Å². The van der Waals surface area contributed by atoms with E-state index in [0.717, 1.165) is 31.2 Å². The van der Waals surface area contributed by atoms with Gasteiger partial charge in [-0.1, -0.05) is 92.8 Å². The second kappa shape index (κ2) is 8.44. The quantitative estimate of drug-likeness (QED) is 0.731. The Morgan fingerprint density at radius 3 is 1.96 bits per heavy atom. The number of Topliss-reactive ketones (excluding diaryl/α,β-unsaturated/α-hetero) is 1. The van der Waals surface area contributed by atoms with Crippen LogP contribution in [0.3, 0.4) is 0 Å². The molecule has 0 amide bonds. The summed E-state index contributed by atoms with van der Waals surface area (Å²) in [7, 11) is 0. The average molecular weight is 336 g/mol. The highest BCUT2D eigenvalue weighted by molar-refractivity contribution is 5.96. The molecule has 1 fully saturated rings. The third kappa shape index (κ3) is 4.38. The van der Waals surface area contributed by atoms with E-state index in [9.17, 15) is 9.90 Å². The van der Waals surface area contributed by atoms with Crippen LogP contribution in [0.5, 0.6) is 0 Å². The summed E-state index contributed by atoms with van der Waals surface area (Å²) in [5.74, 6) is 0.164. The van der Waals surface area contributed by atoms with E-state index in [1.54, 1.807) is 0 Å². The van der Waals surface area contributed by atoms with Gasteiger partial charge in [0.2, 0.25) is 0 Å². The lowest BCUT2D eigenvalue weighted by atomic mass is 9.72. The van der Waals surface area contributed by atoms with Crippen molar-refractivity contribution in [3.05, 3.63) is 71.8 Å². The number of aliphatic hydroxyl groups is 1. The van der Waals surface area contributed by atoms with Gasteiger partial charge in [0.1, 0.15) is 0 Å². The minimum Gasteiger partial charge on any atom is -0.384 e. The van der Waals surface area contributed by atoms with E-state index in [1.165, 1.54) is 19.3 Å². The molecule has 2 aromatic carbocycles. The Kier molecular flexibility index (Phi) is 6.04. The molecule has 1 atom stereocenters. The van der Waals surface area contributed by atoms with Gasteiger partial charge in [0, 0.05) is 12.0 Å². The molecule has 132 valence electrons. The van der Waals surface area contributed by atoms with Gasteiger partial charge in [-0.2, -0.15) is 0 Å². The van der Waals surface area contributed by atoms with Crippen molar-refractivity contribution in [3.8, 4) is 0 Å². The first kappa shape index (κ1) is 17.9. The van der Waals surface area contributed by atoms with Crippen molar-refractivity contribution < 1.29 is 9.90 Å². The normalized spacial score (nSPS) is 18.8. The number of hydrogen-bond acceptors (Lipinski definition) is 2. The predicted molar refractivity (Wildman–Crippen MR) is 102 cm³/mol. The molecule has 0 heterocycles. The summed E-state index contributed by atoms with van der Waals surface area (Å²) in [5.41, 5.74) is 0.485. The Morgan fingerprint density at radius 2 is 1.36 bits per heavy atom. The van der Waals surface area contributed by atoms with E-state index in [1.807, 2.05) is 60.7 Å². The van der Waals surface area contributed by atoms with Crippen molar-refractivity contribution in [1.29, 1.82) is 0 Å². The molecule has 0 aliphatic heterocycles. The summed E-state index contributed by atoms with van der Waals surface area (Å²) in [5, 5.41) is 11.7. The molecule has 0 radical (unpaired) electrons. The molecule has 2 nitrogen and oxygen atoms in total. The van der Waals surface area contributed by atoms with Crippen LogP contribution in [0.2, 0.25) is 0 Å². The van der Waals surface area contributed by atoms with Crippen LogP contribution in [-0.2, 0) is 5.60 Å². The summed E-state index contributed by atoms with van der Waals surface area (Å²) in [6.07, 6.45) is 8.17. The maximum absolute atomic E-state index is 12.9. The Labute approximate surface area is 150 Å². The van der Waals surface area contributed by atoms with Gasteiger partial charge < -0.3 is 5.11 Å². The van der Waals surface area contributed by atoms with E-state index in [0.29, 0.717) is 5.56 Å². The van der Waals surface area contributed by atoms with Crippen molar-refractivity contribution in [2.45, 2.75) is 57.0 Å². The van der Waals surface area contributed by atoms with Gasteiger partial charge in [0.25, 0.3) is 0 Å². The van der Waals surface area contributed by atoms with Crippen molar-refractivity contribution in [3.63, 3.8) is 0 Å².